The van der Waals surface area contributed by atoms with Crippen LogP contribution in [0.1, 0.15) is 19.3 Å². The van der Waals surface area contributed by atoms with E-state index in [-0.39, 0.29) is 34.3 Å². The number of thioether (sulfide) groups is 1. The molecule has 1 aliphatic heterocycles. The molecule has 10 heteroatoms. The second-order valence-corrected chi connectivity index (χ2v) is 9.53. The number of methoxy groups -OCH3 is 1. The third kappa shape index (κ3) is 5.12. The average Bonchev–Trinajstić information content (AvgIpc) is 3.52. The molecule has 2 amide bonds. The maximum absolute atomic E-state index is 13.0. The number of nitrogens with one attached hydrogen (secondary N) is 1. The van der Waals surface area contributed by atoms with Gasteiger partial charge in [-0.15, -0.1) is 0 Å². The van der Waals surface area contributed by atoms with E-state index in [4.69, 9.17) is 39.5 Å². The number of hydrogen-bond donors (Lipinski definition) is 1. The van der Waals surface area contributed by atoms with E-state index in [1.54, 1.807) is 12.0 Å². The minimum atomic E-state index is -0.556. The van der Waals surface area contributed by atoms with E-state index in [9.17, 15) is 9.59 Å². The SMILES string of the molecule is COc1ccc(N=C2SC(CC(=O)Nc3cc(Cl)c(Cl)cc3Cl)C(=O)N2C2CC2)cc1. The van der Waals surface area contributed by atoms with Gasteiger partial charge in [-0.2, -0.15) is 0 Å². The van der Waals surface area contributed by atoms with Crippen molar-refractivity contribution in [3.8, 4) is 5.75 Å². The van der Waals surface area contributed by atoms with Gasteiger partial charge in [-0.3, -0.25) is 14.5 Å². The van der Waals surface area contributed by atoms with E-state index >= 15 is 0 Å². The predicted octanol–water partition coefficient (Wildman–Crippen LogP) is 5.78. The molecule has 2 fully saturated rings. The van der Waals surface area contributed by atoms with Crippen molar-refractivity contribution in [1.29, 1.82) is 0 Å². The highest BCUT2D eigenvalue weighted by molar-refractivity contribution is 8.15. The van der Waals surface area contributed by atoms with Gasteiger partial charge in [0.05, 0.1) is 33.6 Å². The predicted molar refractivity (Wildman–Crippen MR) is 126 cm³/mol. The molecule has 2 aromatic rings. The zero-order valence-corrected chi connectivity index (χ0v) is 19.5. The highest BCUT2D eigenvalue weighted by atomic mass is 35.5. The topological polar surface area (TPSA) is 71.0 Å². The monoisotopic (exact) mass is 497 g/mol. The van der Waals surface area contributed by atoms with Crippen molar-refractivity contribution >= 4 is 74.9 Å². The lowest BCUT2D eigenvalue weighted by atomic mass is 10.2. The Bertz CT molecular complexity index is 1060. The number of ether oxygens (including phenoxy) is 1. The number of carbonyl (C=O) groups is 2. The molecule has 6 nitrogen and oxygen atoms in total. The molecule has 162 valence electrons. The number of hydrogen-bond acceptors (Lipinski definition) is 5. The Kier molecular flexibility index (Phi) is 6.67. The molecule has 0 radical (unpaired) electrons. The van der Waals surface area contributed by atoms with Crippen molar-refractivity contribution in [3.63, 3.8) is 0 Å². The van der Waals surface area contributed by atoms with Gasteiger partial charge in [0.25, 0.3) is 0 Å². The maximum atomic E-state index is 13.0. The number of rotatable bonds is 6. The van der Waals surface area contributed by atoms with Crippen LogP contribution in [0.3, 0.4) is 0 Å². The summed E-state index contributed by atoms with van der Waals surface area (Å²) in [6, 6.07) is 10.4. The van der Waals surface area contributed by atoms with Crippen molar-refractivity contribution in [2.75, 3.05) is 12.4 Å². The van der Waals surface area contributed by atoms with E-state index in [1.807, 2.05) is 24.3 Å². The van der Waals surface area contributed by atoms with Gasteiger partial charge in [0.1, 0.15) is 11.0 Å². The number of anilines is 1. The molecular weight excluding hydrogens is 481 g/mol. The smallest absolute Gasteiger partial charge is 0.242 e. The molecule has 4 rings (SSSR count). The number of nitrogens with zero attached hydrogens (tertiary/aromatic N) is 2. The lowest BCUT2D eigenvalue weighted by molar-refractivity contribution is -0.128. The average molecular weight is 499 g/mol. The van der Waals surface area contributed by atoms with Gasteiger partial charge in [-0.05, 0) is 49.2 Å². The van der Waals surface area contributed by atoms with Gasteiger partial charge < -0.3 is 10.1 Å². The van der Waals surface area contributed by atoms with Crippen molar-refractivity contribution in [3.05, 3.63) is 51.5 Å². The van der Waals surface area contributed by atoms with Gasteiger partial charge in [0.2, 0.25) is 11.8 Å². The summed E-state index contributed by atoms with van der Waals surface area (Å²) in [4.78, 5) is 32.0. The number of amidine groups is 1. The molecule has 0 bridgehead atoms. The van der Waals surface area contributed by atoms with E-state index in [0.29, 0.717) is 15.9 Å². The quantitative estimate of drug-likeness (QED) is 0.513. The summed E-state index contributed by atoms with van der Waals surface area (Å²) < 4.78 is 5.17. The van der Waals surface area contributed by atoms with Crippen molar-refractivity contribution in [2.24, 2.45) is 4.99 Å². The highest BCUT2D eigenvalue weighted by Gasteiger charge is 2.46. The van der Waals surface area contributed by atoms with Gasteiger partial charge in [0.15, 0.2) is 5.17 Å². The first kappa shape index (κ1) is 22.3. The molecule has 1 saturated heterocycles. The number of benzene rings is 2. The first-order valence-corrected chi connectivity index (χ1v) is 11.5. The second-order valence-electron chi connectivity index (χ2n) is 7.14. The van der Waals surface area contributed by atoms with E-state index in [1.165, 1.54) is 23.9 Å². The van der Waals surface area contributed by atoms with Crippen LogP contribution in [0.2, 0.25) is 15.1 Å². The summed E-state index contributed by atoms with van der Waals surface area (Å²) in [6.45, 7) is 0. The number of amides is 2. The van der Waals surface area contributed by atoms with Gasteiger partial charge in [-0.1, -0.05) is 46.6 Å². The lowest BCUT2D eigenvalue weighted by Gasteiger charge is -2.15. The Morgan fingerprint density at radius 3 is 2.48 bits per heavy atom. The molecule has 1 atom stereocenters. The van der Waals surface area contributed by atoms with E-state index in [0.717, 1.165) is 24.3 Å². The fourth-order valence-electron chi connectivity index (χ4n) is 3.12. The third-order valence-electron chi connectivity index (χ3n) is 4.83. The molecule has 1 aliphatic carbocycles. The zero-order chi connectivity index (χ0) is 22.1. The normalized spacial score (nSPS) is 19.7. The summed E-state index contributed by atoms with van der Waals surface area (Å²) >= 11 is 19.4. The minimum Gasteiger partial charge on any atom is -0.497 e. The summed E-state index contributed by atoms with van der Waals surface area (Å²) in [5.74, 6) is 0.288. The van der Waals surface area contributed by atoms with Crippen LogP contribution in [-0.2, 0) is 9.59 Å². The number of aliphatic imine (C=N–C) groups is 1. The van der Waals surface area contributed by atoms with E-state index < -0.39 is 5.25 Å². The molecule has 0 aromatic heterocycles. The Labute approximate surface area is 198 Å². The van der Waals surface area contributed by atoms with Crippen LogP contribution in [0.15, 0.2) is 41.4 Å². The molecule has 2 aromatic carbocycles. The first-order chi connectivity index (χ1) is 14.9. The molecule has 31 heavy (non-hydrogen) atoms. The maximum Gasteiger partial charge on any atom is 0.242 e. The highest BCUT2D eigenvalue weighted by Crippen LogP contribution is 2.40. The fourth-order valence-corrected chi connectivity index (χ4v) is 4.93. The van der Waals surface area contributed by atoms with Gasteiger partial charge in [-0.25, -0.2) is 4.99 Å². The Balaban J connectivity index is 1.48. The summed E-state index contributed by atoms with van der Waals surface area (Å²) in [5, 5.41) is 3.62. The summed E-state index contributed by atoms with van der Waals surface area (Å²) in [7, 11) is 1.60. The van der Waals surface area contributed by atoms with Crippen molar-refractivity contribution in [1.82, 2.24) is 4.90 Å². The largest absolute Gasteiger partial charge is 0.497 e. The van der Waals surface area contributed by atoms with Crippen LogP contribution in [0.25, 0.3) is 0 Å². The Morgan fingerprint density at radius 1 is 1.16 bits per heavy atom. The first-order valence-electron chi connectivity index (χ1n) is 9.52. The van der Waals surface area contributed by atoms with Crippen LogP contribution in [0, 0.1) is 0 Å². The lowest BCUT2D eigenvalue weighted by Crippen LogP contribution is -2.35. The summed E-state index contributed by atoms with van der Waals surface area (Å²) in [5.41, 5.74) is 1.07. The standard InChI is InChI=1S/C21H18Cl3N3O3S/c1-30-13-6-2-11(3-7-13)25-21-27(12-4-5-12)20(29)18(31-21)10-19(28)26-17-9-15(23)14(22)8-16(17)24/h2-3,6-9,12,18H,4-5,10H2,1H3,(H,26,28). The number of carbonyl (C=O) groups excluding carboxylic acids is 2. The fraction of sp³-hybridized carbons (Fsp3) is 0.286. The molecule has 0 spiro atoms. The van der Waals surface area contributed by atoms with E-state index in [2.05, 4.69) is 10.3 Å². The van der Waals surface area contributed by atoms with Crippen LogP contribution in [0.5, 0.6) is 5.75 Å². The second kappa shape index (κ2) is 9.28. The third-order valence-corrected chi connectivity index (χ3v) is 7.02. The van der Waals surface area contributed by atoms with Crippen LogP contribution in [-0.4, -0.2) is 40.3 Å². The Hall–Kier alpha value is -1.93. The van der Waals surface area contributed by atoms with Crippen LogP contribution < -0.4 is 10.1 Å². The van der Waals surface area contributed by atoms with Gasteiger partial charge in [0, 0.05) is 12.5 Å². The molecule has 1 N–H and O–H groups in total. The molecule has 2 aliphatic rings. The van der Waals surface area contributed by atoms with Crippen molar-refractivity contribution in [2.45, 2.75) is 30.6 Å². The summed E-state index contributed by atoms with van der Waals surface area (Å²) in [6.07, 6.45) is 1.86. The zero-order valence-electron chi connectivity index (χ0n) is 16.4. The molecule has 1 unspecified atom stereocenters. The molecule has 1 heterocycles. The molecular formula is C21H18Cl3N3O3S. The molecule has 1 saturated carbocycles. The van der Waals surface area contributed by atoms with Crippen LogP contribution in [0.4, 0.5) is 11.4 Å². The Morgan fingerprint density at radius 2 is 1.84 bits per heavy atom. The number of halogens is 3. The minimum absolute atomic E-state index is 0.00900. The van der Waals surface area contributed by atoms with Crippen molar-refractivity contribution < 1.29 is 14.3 Å². The van der Waals surface area contributed by atoms with Crippen LogP contribution >= 0.6 is 46.6 Å². The van der Waals surface area contributed by atoms with Gasteiger partial charge >= 0.3 is 0 Å².